The first-order valence-corrected chi connectivity index (χ1v) is 10.3. The molecule has 0 unspecified atom stereocenters. The van der Waals surface area contributed by atoms with Crippen LogP contribution in [0.4, 0.5) is 13.2 Å². The molecule has 0 fully saturated rings. The van der Waals surface area contributed by atoms with Gasteiger partial charge in [0.25, 0.3) is 5.56 Å². The summed E-state index contributed by atoms with van der Waals surface area (Å²) in [4.78, 5) is 22.7. The van der Waals surface area contributed by atoms with Crippen molar-refractivity contribution in [3.63, 3.8) is 0 Å². The van der Waals surface area contributed by atoms with Crippen molar-refractivity contribution in [2.24, 2.45) is 0 Å². The smallest absolute Gasteiger partial charge is 0.387 e. The maximum atomic E-state index is 13.2. The third-order valence-electron chi connectivity index (χ3n) is 4.67. The molecule has 0 aliphatic rings. The third-order valence-corrected chi connectivity index (χ3v) is 5.54. The van der Waals surface area contributed by atoms with Gasteiger partial charge in [0, 0.05) is 17.5 Å². The minimum Gasteiger partial charge on any atom is -0.435 e. The second-order valence-corrected chi connectivity index (χ2v) is 7.90. The Balaban J connectivity index is 1.50. The molecule has 0 bridgehead atoms. The first-order valence-electron chi connectivity index (χ1n) is 9.37. The van der Waals surface area contributed by atoms with Gasteiger partial charge in [-0.05, 0) is 42.4 Å². The molecular formula is C22H18F3N3O2S. The number of hydrogen-bond donors (Lipinski definition) is 1. The third kappa shape index (κ3) is 4.95. The van der Waals surface area contributed by atoms with Crippen LogP contribution in [0.25, 0.3) is 21.3 Å². The zero-order valence-corrected chi connectivity index (χ0v) is 17.3. The van der Waals surface area contributed by atoms with Crippen molar-refractivity contribution in [2.45, 2.75) is 19.7 Å². The lowest BCUT2D eigenvalue weighted by Gasteiger charge is -2.16. The molecule has 1 N–H and O–H groups in total. The van der Waals surface area contributed by atoms with Crippen LogP contribution in [0.1, 0.15) is 11.4 Å². The summed E-state index contributed by atoms with van der Waals surface area (Å²) >= 11 is 1.36. The molecule has 0 aliphatic carbocycles. The van der Waals surface area contributed by atoms with Crippen molar-refractivity contribution < 1.29 is 17.9 Å². The van der Waals surface area contributed by atoms with E-state index >= 15 is 0 Å². The van der Waals surface area contributed by atoms with Crippen LogP contribution in [0.15, 0.2) is 58.7 Å². The molecule has 5 nitrogen and oxygen atoms in total. The second kappa shape index (κ2) is 8.91. The molecule has 0 atom stereocenters. The van der Waals surface area contributed by atoms with Gasteiger partial charge in [-0.25, -0.2) is 9.37 Å². The van der Waals surface area contributed by atoms with E-state index in [0.717, 1.165) is 16.7 Å². The van der Waals surface area contributed by atoms with Crippen LogP contribution in [-0.4, -0.2) is 28.5 Å². The fourth-order valence-electron chi connectivity index (χ4n) is 3.31. The number of aromatic amines is 1. The van der Waals surface area contributed by atoms with Gasteiger partial charge < -0.3 is 9.72 Å². The minimum absolute atomic E-state index is 0.104. The van der Waals surface area contributed by atoms with E-state index in [1.165, 1.54) is 35.6 Å². The molecule has 0 spiro atoms. The van der Waals surface area contributed by atoms with Crippen LogP contribution in [0, 0.1) is 5.82 Å². The number of fused-ring (bicyclic) bond motifs is 1. The molecule has 0 saturated heterocycles. The number of benzene rings is 2. The molecule has 2 heterocycles. The van der Waals surface area contributed by atoms with E-state index < -0.39 is 6.61 Å². The largest absolute Gasteiger partial charge is 0.435 e. The number of H-pyrrole nitrogens is 1. The molecule has 0 amide bonds. The highest BCUT2D eigenvalue weighted by Gasteiger charge is 2.14. The molecule has 0 radical (unpaired) electrons. The molecule has 0 saturated carbocycles. The Labute approximate surface area is 179 Å². The van der Waals surface area contributed by atoms with Crippen molar-refractivity contribution in [3.8, 4) is 16.9 Å². The number of ether oxygens (including phenoxy) is 1. The number of nitrogens with one attached hydrogen (secondary N) is 1. The fourth-order valence-corrected chi connectivity index (χ4v) is 4.28. The van der Waals surface area contributed by atoms with E-state index in [0.29, 0.717) is 29.1 Å². The number of nitrogens with zero attached hydrogens (tertiary/aromatic N) is 2. The van der Waals surface area contributed by atoms with E-state index in [9.17, 15) is 18.0 Å². The highest BCUT2D eigenvalue weighted by molar-refractivity contribution is 7.17. The summed E-state index contributed by atoms with van der Waals surface area (Å²) in [6.45, 7) is -1.93. The number of hydrogen-bond acceptors (Lipinski definition) is 5. The van der Waals surface area contributed by atoms with Crippen LogP contribution in [0.5, 0.6) is 5.75 Å². The van der Waals surface area contributed by atoms with Gasteiger partial charge in [0.1, 0.15) is 22.2 Å². The van der Waals surface area contributed by atoms with Crippen molar-refractivity contribution >= 4 is 21.6 Å². The summed E-state index contributed by atoms with van der Waals surface area (Å²) in [5.41, 5.74) is 2.13. The Kier molecular flexibility index (Phi) is 6.06. The van der Waals surface area contributed by atoms with Crippen LogP contribution in [-0.2, 0) is 13.1 Å². The zero-order chi connectivity index (χ0) is 22.0. The van der Waals surface area contributed by atoms with Crippen LogP contribution in [0.3, 0.4) is 0 Å². The Bertz CT molecular complexity index is 1240. The summed E-state index contributed by atoms with van der Waals surface area (Å²) in [5, 5.41) is 2.33. The summed E-state index contributed by atoms with van der Waals surface area (Å²) in [7, 11) is 1.87. The Morgan fingerprint density at radius 2 is 1.81 bits per heavy atom. The first kappa shape index (κ1) is 21.1. The SMILES string of the molecule is CN(Cc1ccc(OC(F)F)cc1)Cc1nc2scc(-c3ccc(F)cc3)c2c(=O)[nH]1. The van der Waals surface area contributed by atoms with E-state index in [1.807, 2.05) is 17.3 Å². The quantitative estimate of drug-likeness (QED) is 0.434. The average molecular weight is 445 g/mol. The predicted octanol–water partition coefficient (Wildman–Crippen LogP) is 5.02. The minimum atomic E-state index is -2.85. The maximum absolute atomic E-state index is 13.2. The summed E-state index contributed by atoms with van der Waals surface area (Å²) in [6.07, 6.45) is 0. The van der Waals surface area contributed by atoms with Gasteiger partial charge in [-0.2, -0.15) is 8.78 Å². The van der Waals surface area contributed by atoms with Gasteiger partial charge >= 0.3 is 6.61 Å². The molecule has 160 valence electrons. The molecule has 0 aliphatic heterocycles. The lowest BCUT2D eigenvalue weighted by atomic mass is 10.1. The highest BCUT2D eigenvalue weighted by Crippen LogP contribution is 2.30. The maximum Gasteiger partial charge on any atom is 0.387 e. The van der Waals surface area contributed by atoms with E-state index in [4.69, 9.17) is 0 Å². The van der Waals surface area contributed by atoms with Gasteiger partial charge in [0.05, 0.1) is 11.9 Å². The molecular weight excluding hydrogens is 427 g/mol. The van der Waals surface area contributed by atoms with Crippen molar-refractivity contribution in [3.05, 3.63) is 81.5 Å². The zero-order valence-electron chi connectivity index (χ0n) is 16.4. The molecule has 4 rings (SSSR count). The first-order chi connectivity index (χ1) is 14.9. The summed E-state index contributed by atoms with van der Waals surface area (Å²) in [5.74, 6) is 0.287. The molecule has 2 aromatic carbocycles. The van der Waals surface area contributed by atoms with Crippen LogP contribution >= 0.6 is 11.3 Å². The lowest BCUT2D eigenvalue weighted by Crippen LogP contribution is -2.21. The van der Waals surface area contributed by atoms with Gasteiger partial charge in [-0.3, -0.25) is 9.69 Å². The van der Waals surface area contributed by atoms with Crippen LogP contribution in [0.2, 0.25) is 0 Å². The number of aromatic nitrogens is 2. The van der Waals surface area contributed by atoms with Crippen molar-refractivity contribution in [1.29, 1.82) is 0 Å². The Morgan fingerprint density at radius 3 is 2.48 bits per heavy atom. The lowest BCUT2D eigenvalue weighted by molar-refractivity contribution is -0.0498. The molecule has 2 aromatic heterocycles. The van der Waals surface area contributed by atoms with E-state index in [1.54, 1.807) is 24.3 Å². The molecule has 9 heteroatoms. The van der Waals surface area contributed by atoms with Crippen molar-refractivity contribution in [1.82, 2.24) is 14.9 Å². The monoisotopic (exact) mass is 445 g/mol. The number of thiophene rings is 1. The molecule has 31 heavy (non-hydrogen) atoms. The fraction of sp³-hybridized carbons (Fsp3) is 0.182. The van der Waals surface area contributed by atoms with E-state index in [-0.39, 0.29) is 17.1 Å². The van der Waals surface area contributed by atoms with Gasteiger partial charge in [-0.15, -0.1) is 11.3 Å². The number of halogens is 3. The number of alkyl halides is 2. The Morgan fingerprint density at radius 1 is 1.10 bits per heavy atom. The van der Waals surface area contributed by atoms with Crippen molar-refractivity contribution in [2.75, 3.05) is 7.05 Å². The normalized spacial score (nSPS) is 11.5. The van der Waals surface area contributed by atoms with Gasteiger partial charge in [0.2, 0.25) is 0 Å². The van der Waals surface area contributed by atoms with Crippen LogP contribution < -0.4 is 10.3 Å². The predicted molar refractivity (Wildman–Crippen MR) is 114 cm³/mol. The highest BCUT2D eigenvalue weighted by atomic mass is 32.1. The summed E-state index contributed by atoms with van der Waals surface area (Å²) in [6, 6.07) is 12.4. The standard InChI is InChI=1S/C22H18F3N3O2S/c1-28(10-13-2-8-16(9-3-13)30-22(24)25)11-18-26-20(29)19-17(12-31-21(19)27-18)14-4-6-15(23)7-5-14/h2-9,12,22H,10-11H2,1H3,(H,26,27,29). The number of rotatable bonds is 7. The average Bonchev–Trinajstić information content (AvgIpc) is 3.14. The van der Waals surface area contributed by atoms with Gasteiger partial charge in [0.15, 0.2) is 0 Å². The molecule has 4 aromatic rings. The van der Waals surface area contributed by atoms with Gasteiger partial charge in [-0.1, -0.05) is 24.3 Å². The van der Waals surface area contributed by atoms with E-state index in [2.05, 4.69) is 14.7 Å². The Hall–Kier alpha value is -3.17. The summed E-state index contributed by atoms with van der Waals surface area (Å²) < 4.78 is 42.1. The second-order valence-electron chi connectivity index (χ2n) is 7.04. The topological polar surface area (TPSA) is 58.2 Å².